The van der Waals surface area contributed by atoms with E-state index in [-0.39, 0.29) is 12.6 Å². The zero-order valence-electron chi connectivity index (χ0n) is 15.4. The predicted octanol–water partition coefficient (Wildman–Crippen LogP) is 6.41. The second-order valence-corrected chi connectivity index (χ2v) is 7.46. The highest BCUT2D eigenvalue weighted by Gasteiger charge is 2.20. The summed E-state index contributed by atoms with van der Waals surface area (Å²) in [5, 5.41) is 1.33. The molecule has 0 radical (unpaired) electrons. The molecule has 3 rings (SSSR count). The summed E-state index contributed by atoms with van der Waals surface area (Å²) in [6.45, 7) is 0.971. The van der Waals surface area contributed by atoms with E-state index >= 15 is 0 Å². The Morgan fingerprint density at radius 1 is 0.750 bits per heavy atom. The van der Waals surface area contributed by atoms with Crippen molar-refractivity contribution in [1.29, 1.82) is 0 Å². The lowest BCUT2D eigenvalue weighted by molar-refractivity contribution is 0.0995. The minimum absolute atomic E-state index is 0.249. The molecule has 3 aromatic carbocycles. The summed E-state index contributed by atoms with van der Waals surface area (Å²) in [6, 6.07) is 24.4. The number of alkyl halides is 1. The largest absolute Gasteiger partial charge is 0.492 e. The molecule has 0 saturated carbocycles. The molecule has 0 heterocycles. The fourth-order valence-corrected chi connectivity index (χ4v) is 3.18. The van der Waals surface area contributed by atoms with Crippen LogP contribution in [0.2, 0.25) is 10.0 Å². The van der Waals surface area contributed by atoms with Crippen molar-refractivity contribution in [3.05, 3.63) is 100 Å². The van der Waals surface area contributed by atoms with Crippen molar-refractivity contribution in [1.82, 2.24) is 4.90 Å². The average molecular weight is 418 g/mol. The molecule has 0 amide bonds. The molecule has 2 nitrogen and oxygen atoms in total. The lowest BCUT2D eigenvalue weighted by Crippen LogP contribution is -2.40. The Morgan fingerprint density at radius 2 is 1.29 bits per heavy atom. The van der Waals surface area contributed by atoms with E-state index in [4.69, 9.17) is 27.9 Å². The topological polar surface area (TPSA) is 12.5 Å². The van der Waals surface area contributed by atoms with Gasteiger partial charge in [-0.2, -0.15) is 0 Å². The van der Waals surface area contributed by atoms with E-state index in [0.717, 1.165) is 11.1 Å². The zero-order chi connectivity index (χ0) is 19.8. The summed E-state index contributed by atoms with van der Waals surface area (Å²) in [4.78, 5) is 2.09. The van der Waals surface area contributed by atoms with Crippen molar-refractivity contribution < 1.29 is 9.13 Å². The maximum atomic E-state index is 14.0. The van der Waals surface area contributed by atoms with Crippen molar-refractivity contribution in [3.63, 3.8) is 0 Å². The molecule has 0 aliphatic carbocycles. The van der Waals surface area contributed by atoms with Gasteiger partial charge in [0.05, 0.1) is 6.04 Å². The van der Waals surface area contributed by atoms with Gasteiger partial charge >= 0.3 is 0 Å². The van der Waals surface area contributed by atoms with Gasteiger partial charge in [0.1, 0.15) is 19.0 Å². The molecular formula is C23H22Cl2FNO. The van der Waals surface area contributed by atoms with Crippen molar-refractivity contribution in [3.8, 4) is 5.75 Å². The third-order valence-corrected chi connectivity index (χ3v) is 4.98. The van der Waals surface area contributed by atoms with Crippen molar-refractivity contribution in [2.75, 3.05) is 13.3 Å². The lowest BCUT2D eigenvalue weighted by atomic mass is 10.1. The van der Waals surface area contributed by atoms with Crippen molar-refractivity contribution >= 4 is 23.2 Å². The van der Waals surface area contributed by atoms with Crippen LogP contribution in [0.15, 0.2) is 78.9 Å². The first-order chi connectivity index (χ1) is 13.6. The van der Waals surface area contributed by atoms with Crippen LogP contribution in [0, 0.1) is 0 Å². The third kappa shape index (κ3) is 6.23. The molecule has 5 heteroatoms. The van der Waals surface area contributed by atoms with E-state index in [1.165, 1.54) is 0 Å². The first-order valence-corrected chi connectivity index (χ1v) is 9.86. The standard InChI is InChI=1S/C23H22Cl2FNO/c24-20-8-6-19(7-9-20)16-27(15-18-4-2-1-3-5-18)22(14-26)17-28-23-12-10-21(25)11-13-23/h1-13,22H,14-17H2. The van der Waals surface area contributed by atoms with Crippen LogP contribution in [-0.2, 0) is 13.1 Å². The zero-order valence-corrected chi connectivity index (χ0v) is 16.9. The maximum absolute atomic E-state index is 14.0. The van der Waals surface area contributed by atoms with Crippen LogP contribution in [0.3, 0.4) is 0 Å². The van der Waals surface area contributed by atoms with Crippen molar-refractivity contribution in [2.24, 2.45) is 0 Å². The van der Waals surface area contributed by atoms with Gasteiger partial charge in [-0.1, -0.05) is 65.7 Å². The highest BCUT2D eigenvalue weighted by molar-refractivity contribution is 6.30. The van der Waals surface area contributed by atoms with Gasteiger partial charge in [0.25, 0.3) is 0 Å². The number of rotatable bonds is 9. The molecule has 1 unspecified atom stereocenters. The fourth-order valence-electron chi connectivity index (χ4n) is 2.93. The Bertz CT molecular complexity index is 841. The highest BCUT2D eigenvalue weighted by atomic mass is 35.5. The number of nitrogens with zero attached hydrogens (tertiary/aromatic N) is 1. The smallest absolute Gasteiger partial charge is 0.119 e. The average Bonchev–Trinajstić information content (AvgIpc) is 2.72. The normalized spacial score (nSPS) is 12.1. The lowest BCUT2D eigenvalue weighted by Gasteiger charge is -2.30. The number of hydrogen-bond donors (Lipinski definition) is 0. The molecule has 0 saturated heterocycles. The molecule has 1 atom stereocenters. The second-order valence-electron chi connectivity index (χ2n) is 6.59. The summed E-state index contributed by atoms with van der Waals surface area (Å²) in [6.07, 6.45) is 0. The van der Waals surface area contributed by atoms with Gasteiger partial charge in [-0.25, -0.2) is 4.39 Å². The Morgan fingerprint density at radius 3 is 1.86 bits per heavy atom. The van der Waals surface area contributed by atoms with E-state index in [2.05, 4.69) is 4.90 Å². The Hall–Kier alpha value is -2.07. The highest BCUT2D eigenvalue weighted by Crippen LogP contribution is 2.19. The second kappa shape index (κ2) is 10.5. The Kier molecular flexibility index (Phi) is 7.72. The molecule has 0 N–H and O–H groups in total. The van der Waals surface area contributed by atoms with E-state index in [0.29, 0.717) is 28.9 Å². The minimum atomic E-state index is -0.506. The summed E-state index contributed by atoms with van der Waals surface area (Å²) >= 11 is 11.9. The Labute approximate surface area is 175 Å². The van der Waals surface area contributed by atoms with E-state index in [1.807, 2.05) is 54.6 Å². The third-order valence-electron chi connectivity index (χ3n) is 4.48. The van der Waals surface area contributed by atoms with E-state index < -0.39 is 6.67 Å². The number of ether oxygens (including phenoxy) is 1. The molecule has 3 aromatic rings. The van der Waals surface area contributed by atoms with Gasteiger partial charge in [0, 0.05) is 23.1 Å². The van der Waals surface area contributed by atoms with Crippen LogP contribution in [0.5, 0.6) is 5.75 Å². The van der Waals surface area contributed by atoms with Crippen LogP contribution in [0.4, 0.5) is 4.39 Å². The molecule has 28 heavy (non-hydrogen) atoms. The molecule has 0 spiro atoms. The maximum Gasteiger partial charge on any atom is 0.119 e. The molecular weight excluding hydrogens is 396 g/mol. The SMILES string of the molecule is FCC(COc1ccc(Cl)cc1)N(Cc1ccccc1)Cc1ccc(Cl)cc1. The van der Waals surface area contributed by atoms with Crippen LogP contribution in [-0.4, -0.2) is 24.2 Å². The fraction of sp³-hybridized carbons (Fsp3) is 0.217. The van der Waals surface area contributed by atoms with Gasteiger partial charge in [-0.3, -0.25) is 4.90 Å². The predicted molar refractivity (Wildman–Crippen MR) is 114 cm³/mol. The van der Waals surface area contributed by atoms with Crippen molar-refractivity contribution in [2.45, 2.75) is 19.1 Å². The summed E-state index contributed by atoms with van der Waals surface area (Å²) in [5.74, 6) is 0.675. The van der Waals surface area contributed by atoms with Gasteiger partial charge in [0.2, 0.25) is 0 Å². The number of benzene rings is 3. The van der Waals surface area contributed by atoms with Gasteiger partial charge in [-0.05, 0) is 47.5 Å². The molecule has 0 aromatic heterocycles. The molecule has 146 valence electrons. The molecule has 0 aliphatic heterocycles. The van der Waals surface area contributed by atoms with Crippen LogP contribution in [0.1, 0.15) is 11.1 Å². The van der Waals surface area contributed by atoms with Gasteiger partial charge in [0.15, 0.2) is 0 Å². The monoisotopic (exact) mass is 417 g/mol. The molecule has 0 fully saturated rings. The summed E-state index contributed by atoms with van der Waals surface area (Å²) in [5.41, 5.74) is 2.20. The minimum Gasteiger partial charge on any atom is -0.492 e. The van der Waals surface area contributed by atoms with Gasteiger partial charge in [-0.15, -0.1) is 0 Å². The van der Waals surface area contributed by atoms with Crippen LogP contribution >= 0.6 is 23.2 Å². The first-order valence-electron chi connectivity index (χ1n) is 9.11. The van der Waals surface area contributed by atoms with Crippen LogP contribution in [0.25, 0.3) is 0 Å². The summed E-state index contributed by atoms with van der Waals surface area (Å²) < 4.78 is 19.8. The number of halogens is 3. The number of hydrogen-bond acceptors (Lipinski definition) is 2. The van der Waals surface area contributed by atoms with E-state index in [1.54, 1.807) is 24.3 Å². The quantitative estimate of drug-likeness (QED) is 0.398. The van der Waals surface area contributed by atoms with E-state index in [9.17, 15) is 4.39 Å². The van der Waals surface area contributed by atoms with Gasteiger partial charge < -0.3 is 4.74 Å². The Balaban J connectivity index is 1.73. The first kappa shape index (κ1) is 20.7. The molecule has 0 bridgehead atoms. The van der Waals surface area contributed by atoms with Crippen LogP contribution < -0.4 is 4.74 Å². The molecule has 0 aliphatic rings. The summed E-state index contributed by atoms with van der Waals surface area (Å²) in [7, 11) is 0.